The Hall–Kier alpha value is -3.48. The summed E-state index contributed by atoms with van der Waals surface area (Å²) in [6, 6.07) is 10.4. The number of nitrogens with zero attached hydrogens (tertiary/aromatic N) is 3. The van der Waals surface area contributed by atoms with Gasteiger partial charge in [-0.15, -0.1) is 0 Å². The Labute approximate surface area is 170 Å². The van der Waals surface area contributed by atoms with Gasteiger partial charge < -0.3 is 10.6 Å². The number of pyridine rings is 1. The minimum absolute atomic E-state index is 0.0505. The molecule has 7 heteroatoms. The summed E-state index contributed by atoms with van der Waals surface area (Å²) in [6.45, 7) is 6.07. The van der Waals surface area contributed by atoms with Gasteiger partial charge in [0.05, 0.1) is 0 Å². The lowest BCUT2D eigenvalue weighted by Gasteiger charge is -2.22. The van der Waals surface area contributed by atoms with Crippen molar-refractivity contribution < 1.29 is 9.59 Å². The van der Waals surface area contributed by atoms with Gasteiger partial charge in [0.15, 0.2) is 0 Å². The van der Waals surface area contributed by atoms with Gasteiger partial charge in [-0.1, -0.05) is 37.6 Å². The first-order valence-corrected chi connectivity index (χ1v) is 9.52. The number of benzene rings is 1. The topological polar surface area (TPSA) is 88.9 Å². The number of carbonyl (C=O) groups is 2. The van der Waals surface area contributed by atoms with Crippen molar-refractivity contribution in [2.45, 2.75) is 33.4 Å². The van der Waals surface area contributed by atoms with Crippen LogP contribution in [0.15, 0.2) is 61.3 Å². The number of hydrogen-bond donors (Lipinski definition) is 2. The van der Waals surface area contributed by atoms with Gasteiger partial charge in [0.25, 0.3) is 5.91 Å². The molecule has 0 aliphatic carbocycles. The highest BCUT2D eigenvalue weighted by molar-refractivity contribution is 5.97. The lowest BCUT2D eigenvalue weighted by molar-refractivity contribution is -0.124. The first kappa shape index (κ1) is 20.3. The third-order valence-electron chi connectivity index (χ3n) is 4.56. The van der Waals surface area contributed by atoms with Crippen molar-refractivity contribution in [3.63, 3.8) is 0 Å². The molecule has 2 amide bonds. The van der Waals surface area contributed by atoms with E-state index in [4.69, 9.17) is 0 Å². The van der Waals surface area contributed by atoms with E-state index >= 15 is 0 Å². The standard InChI is InChI=1S/C22H25N5O2/c1-15(2)20(26-21(28)18-6-4-5-16(3)11-18)22(29)25-13-17-7-8-19(24-12-17)27-10-9-23-14-27/h4-12,14-15,20H,13H2,1-3H3,(H,25,29)(H,26,28). The molecule has 150 valence electrons. The van der Waals surface area contributed by atoms with E-state index in [2.05, 4.69) is 20.6 Å². The molecular formula is C22H25N5O2. The zero-order valence-electron chi connectivity index (χ0n) is 16.8. The molecule has 1 atom stereocenters. The van der Waals surface area contributed by atoms with Crippen LogP contribution < -0.4 is 10.6 Å². The molecular weight excluding hydrogens is 366 g/mol. The minimum Gasteiger partial charge on any atom is -0.350 e. The fraction of sp³-hybridized carbons (Fsp3) is 0.273. The molecule has 0 bridgehead atoms. The van der Waals surface area contributed by atoms with Crippen LogP contribution in [0.25, 0.3) is 5.82 Å². The van der Waals surface area contributed by atoms with Crippen LogP contribution in [-0.2, 0) is 11.3 Å². The van der Waals surface area contributed by atoms with E-state index in [-0.39, 0.29) is 17.7 Å². The van der Waals surface area contributed by atoms with E-state index in [1.165, 1.54) is 0 Å². The number of rotatable bonds is 7. The molecule has 1 aromatic carbocycles. The fourth-order valence-corrected chi connectivity index (χ4v) is 2.91. The van der Waals surface area contributed by atoms with Gasteiger partial charge in [0.1, 0.15) is 18.2 Å². The third-order valence-corrected chi connectivity index (χ3v) is 4.56. The number of nitrogens with one attached hydrogen (secondary N) is 2. The number of carbonyl (C=O) groups excluding carboxylic acids is 2. The Balaban J connectivity index is 1.60. The molecule has 3 rings (SSSR count). The Morgan fingerprint density at radius 1 is 1.17 bits per heavy atom. The van der Waals surface area contributed by atoms with Crippen LogP contribution in [0.1, 0.15) is 35.3 Å². The van der Waals surface area contributed by atoms with Gasteiger partial charge in [0, 0.05) is 30.7 Å². The molecule has 0 saturated heterocycles. The van der Waals surface area contributed by atoms with Crippen LogP contribution in [0.3, 0.4) is 0 Å². The smallest absolute Gasteiger partial charge is 0.251 e. The molecule has 2 N–H and O–H groups in total. The summed E-state index contributed by atoms with van der Waals surface area (Å²) >= 11 is 0. The van der Waals surface area contributed by atoms with Crippen LogP contribution in [0, 0.1) is 12.8 Å². The minimum atomic E-state index is -0.624. The maximum atomic E-state index is 12.7. The molecule has 2 aromatic heterocycles. The summed E-state index contributed by atoms with van der Waals surface area (Å²) < 4.78 is 1.80. The van der Waals surface area contributed by atoms with Crippen molar-refractivity contribution in [2.24, 2.45) is 5.92 Å². The molecule has 0 fully saturated rings. The van der Waals surface area contributed by atoms with E-state index in [0.29, 0.717) is 12.1 Å². The molecule has 3 aromatic rings. The van der Waals surface area contributed by atoms with Crippen LogP contribution in [-0.4, -0.2) is 32.4 Å². The molecule has 0 aliphatic heterocycles. The second-order valence-corrected chi connectivity index (χ2v) is 7.28. The van der Waals surface area contributed by atoms with Crippen LogP contribution in [0.4, 0.5) is 0 Å². The maximum absolute atomic E-state index is 12.7. The second kappa shape index (κ2) is 9.14. The first-order valence-electron chi connectivity index (χ1n) is 9.52. The Morgan fingerprint density at radius 2 is 2.00 bits per heavy atom. The van der Waals surface area contributed by atoms with Gasteiger partial charge in [-0.25, -0.2) is 9.97 Å². The van der Waals surface area contributed by atoms with Crippen molar-refractivity contribution in [3.05, 3.63) is 78.0 Å². The summed E-state index contributed by atoms with van der Waals surface area (Å²) in [5.41, 5.74) is 2.41. The summed E-state index contributed by atoms with van der Waals surface area (Å²) in [5, 5.41) is 5.74. The van der Waals surface area contributed by atoms with E-state index in [9.17, 15) is 9.59 Å². The quantitative estimate of drug-likeness (QED) is 0.648. The Morgan fingerprint density at radius 3 is 2.62 bits per heavy atom. The number of imidazole rings is 1. The average molecular weight is 391 g/mol. The van der Waals surface area contributed by atoms with Crippen molar-refractivity contribution in [1.29, 1.82) is 0 Å². The predicted octanol–water partition coefficient (Wildman–Crippen LogP) is 2.65. The monoisotopic (exact) mass is 391 g/mol. The van der Waals surface area contributed by atoms with E-state index in [1.54, 1.807) is 35.4 Å². The number of aromatic nitrogens is 3. The van der Waals surface area contributed by atoms with Crippen molar-refractivity contribution in [3.8, 4) is 5.82 Å². The molecule has 7 nitrogen and oxygen atoms in total. The summed E-state index contributed by atoms with van der Waals surface area (Å²) in [4.78, 5) is 33.6. The molecule has 2 heterocycles. The number of hydrogen-bond acceptors (Lipinski definition) is 4. The Kier molecular flexibility index (Phi) is 6.39. The largest absolute Gasteiger partial charge is 0.350 e. The molecule has 0 spiro atoms. The summed E-state index contributed by atoms with van der Waals surface area (Å²) in [5.74, 6) is 0.224. The Bertz CT molecular complexity index is 965. The van der Waals surface area contributed by atoms with E-state index < -0.39 is 6.04 Å². The van der Waals surface area contributed by atoms with Gasteiger partial charge in [0.2, 0.25) is 5.91 Å². The van der Waals surface area contributed by atoms with Crippen LogP contribution in [0.5, 0.6) is 0 Å². The molecule has 0 radical (unpaired) electrons. The van der Waals surface area contributed by atoms with Gasteiger partial charge in [-0.05, 0) is 36.6 Å². The zero-order valence-corrected chi connectivity index (χ0v) is 16.8. The average Bonchev–Trinajstić information content (AvgIpc) is 3.25. The summed E-state index contributed by atoms with van der Waals surface area (Å²) in [7, 11) is 0. The molecule has 0 saturated carbocycles. The maximum Gasteiger partial charge on any atom is 0.251 e. The lowest BCUT2D eigenvalue weighted by atomic mass is 10.0. The van der Waals surface area contributed by atoms with E-state index in [1.807, 2.05) is 51.2 Å². The fourth-order valence-electron chi connectivity index (χ4n) is 2.91. The van der Waals surface area contributed by atoms with Crippen LogP contribution in [0.2, 0.25) is 0 Å². The highest BCUT2D eigenvalue weighted by Crippen LogP contribution is 2.09. The van der Waals surface area contributed by atoms with Gasteiger partial charge in [-0.2, -0.15) is 0 Å². The molecule has 1 unspecified atom stereocenters. The van der Waals surface area contributed by atoms with Crippen molar-refractivity contribution in [2.75, 3.05) is 0 Å². The lowest BCUT2D eigenvalue weighted by Crippen LogP contribution is -2.49. The molecule has 0 aliphatic rings. The van der Waals surface area contributed by atoms with Crippen molar-refractivity contribution >= 4 is 11.8 Å². The van der Waals surface area contributed by atoms with E-state index in [0.717, 1.165) is 16.9 Å². The summed E-state index contributed by atoms with van der Waals surface area (Å²) in [6.07, 6.45) is 6.89. The third kappa shape index (κ3) is 5.28. The SMILES string of the molecule is Cc1cccc(C(=O)NC(C(=O)NCc2ccc(-n3ccnc3)nc2)C(C)C)c1. The van der Waals surface area contributed by atoms with Gasteiger partial charge >= 0.3 is 0 Å². The van der Waals surface area contributed by atoms with Gasteiger partial charge in [-0.3, -0.25) is 14.2 Å². The predicted molar refractivity (Wildman–Crippen MR) is 110 cm³/mol. The first-order chi connectivity index (χ1) is 13.9. The normalized spacial score (nSPS) is 11.9. The van der Waals surface area contributed by atoms with Crippen molar-refractivity contribution in [1.82, 2.24) is 25.2 Å². The number of aryl methyl sites for hydroxylation is 1. The highest BCUT2D eigenvalue weighted by atomic mass is 16.2. The van der Waals surface area contributed by atoms with Crippen LogP contribution >= 0.6 is 0 Å². The zero-order chi connectivity index (χ0) is 20.8. The highest BCUT2D eigenvalue weighted by Gasteiger charge is 2.24. The molecule has 29 heavy (non-hydrogen) atoms. The second-order valence-electron chi connectivity index (χ2n) is 7.28. The number of amides is 2.